The minimum absolute atomic E-state index is 0.0660. The van der Waals surface area contributed by atoms with Crippen molar-refractivity contribution in [1.29, 1.82) is 0 Å². The molecule has 3 heterocycles. The number of ether oxygens (including phenoxy) is 1. The number of fused-ring (bicyclic) bond motifs is 1. The molecule has 0 bridgehead atoms. The highest BCUT2D eigenvalue weighted by molar-refractivity contribution is 5.92. The Kier molecular flexibility index (Phi) is 1.98. The molecule has 2 saturated heterocycles. The van der Waals surface area contributed by atoms with Crippen molar-refractivity contribution in [3.63, 3.8) is 0 Å². The summed E-state index contributed by atoms with van der Waals surface area (Å²) in [6.45, 7) is 2.33. The summed E-state index contributed by atoms with van der Waals surface area (Å²) in [5, 5.41) is 8.96. The predicted molar refractivity (Wildman–Crippen MR) is 66.5 cm³/mol. The summed E-state index contributed by atoms with van der Waals surface area (Å²) in [5.74, 6) is -0.959. The lowest BCUT2D eigenvalue weighted by molar-refractivity contribution is -0.0870. The molecule has 1 N–H and O–H groups in total. The van der Waals surface area contributed by atoms with Gasteiger partial charge in [-0.25, -0.2) is 4.79 Å². The topological polar surface area (TPSA) is 75.8 Å². The summed E-state index contributed by atoms with van der Waals surface area (Å²) in [4.78, 5) is 17.4. The van der Waals surface area contributed by atoms with Gasteiger partial charge in [0.25, 0.3) is 6.01 Å². The van der Waals surface area contributed by atoms with Crippen LogP contribution in [0.2, 0.25) is 0 Å². The van der Waals surface area contributed by atoms with E-state index >= 15 is 0 Å². The number of benzene rings is 1. The average Bonchev–Trinajstić information content (AvgIpc) is 2.66. The van der Waals surface area contributed by atoms with Crippen LogP contribution in [0.25, 0.3) is 11.1 Å². The summed E-state index contributed by atoms with van der Waals surface area (Å²) in [7, 11) is 0. The van der Waals surface area contributed by atoms with Gasteiger partial charge in [-0.15, -0.1) is 0 Å². The van der Waals surface area contributed by atoms with Gasteiger partial charge in [-0.3, -0.25) is 0 Å². The molecule has 1 aromatic carbocycles. The van der Waals surface area contributed by atoms with Gasteiger partial charge >= 0.3 is 5.97 Å². The number of aromatic carboxylic acids is 1. The normalized spacial score (nSPS) is 20.3. The molecule has 0 amide bonds. The maximum atomic E-state index is 10.9. The van der Waals surface area contributed by atoms with E-state index in [1.807, 2.05) is 0 Å². The Balaban J connectivity index is 1.74. The van der Waals surface area contributed by atoms with E-state index < -0.39 is 5.97 Å². The molecule has 2 aliphatic rings. The molecule has 0 radical (unpaired) electrons. The van der Waals surface area contributed by atoms with Crippen LogP contribution in [0.15, 0.2) is 22.6 Å². The number of carbonyl (C=O) groups is 1. The first-order valence-corrected chi connectivity index (χ1v) is 6.17. The molecule has 1 spiro atoms. The van der Waals surface area contributed by atoms with Gasteiger partial charge in [0, 0.05) is 6.54 Å². The zero-order valence-corrected chi connectivity index (χ0v) is 10.1. The first-order chi connectivity index (χ1) is 9.18. The number of rotatable bonds is 2. The lowest BCUT2D eigenvalue weighted by atomic mass is 9.83. The third-order valence-corrected chi connectivity index (χ3v) is 3.97. The van der Waals surface area contributed by atoms with Crippen molar-refractivity contribution in [1.82, 2.24) is 4.98 Å². The van der Waals surface area contributed by atoms with Gasteiger partial charge < -0.3 is 19.2 Å². The lowest BCUT2D eigenvalue weighted by Gasteiger charge is -2.56. The van der Waals surface area contributed by atoms with Crippen LogP contribution < -0.4 is 4.90 Å². The molecule has 0 atom stereocenters. The molecule has 6 heteroatoms. The van der Waals surface area contributed by atoms with Crippen molar-refractivity contribution in [3.05, 3.63) is 23.8 Å². The number of nitrogens with zero attached hydrogens (tertiary/aromatic N) is 2. The fourth-order valence-electron chi connectivity index (χ4n) is 2.64. The predicted octanol–water partition coefficient (Wildman–Crippen LogP) is 1.51. The second-order valence-corrected chi connectivity index (χ2v) is 5.10. The van der Waals surface area contributed by atoms with Gasteiger partial charge in [0.05, 0.1) is 24.3 Å². The highest BCUT2D eigenvalue weighted by Gasteiger charge is 2.52. The van der Waals surface area contributed by atoms with Crippen LogP contribution in [0.3, 0.4) is 0 Å². The zero-order valence-electron chi connectivity index (χ0n) is 10.1. The van der Waals surface area contributed by atoms with Crippen molar-refractivity contribution in [2.45, 2.75) is 12.0 Å². The Morgan fingerprint density at radius 2 is 2.26 bits per heavy atom. The molecule has 98 valence electrons. The molecule has 2 aliphatic heterocycles. The van der Waals surface area contributed by atoms with Crippen molar-refractivity contribution in [2.75, 3.05) is 24.7 Å². The number of carboxylic acid groups (broad SMARTS) is 1. The molecule has 6 nitrogen and oxygen atoms in total. The number of aromatic nitrogens is 1. The summed E-state index contributed by atoms with van der Waals surface area (Å²) in [6, 6.07) is 5.28. The quantitative estimate of drug-likeness (QED) is 0.882. The summed E-state index contributed by atoms with van der Waals surface area (Å²) in [6.07, 6.45) is 1.09. The van der Waals surface area contributed by atoms with E-state index in [4.69, 9.17) is 14.3 Å². The van der Waals surface area contributed by atoms with Gasteiger partial charge in [0.2, 0.25) is 0 Å². The van der Waals surface area contributed by atoms with Crippen LogP contribution in [0.5, 0.6) is 0 Å². The van der Waals surface area contributed by atoms with Crippen molar-refractivity contribution < 1.29 is 19.1 Å². The molecular formula is C13H12N2O4. The van der Waals surface area contributed by atoms with Crippen molar-refractivity contribution in [3.8, 4) is 0 Å². The second-order valence-electron chi connectivity index (χ2n) is 5.10. The number of oxazole rings is 1. The van der Waals surface area contributed by atoms with Gasteiger partial charge in [0.15, 0.2) is 5.58 Å². The Hall–Kier alpha value is -2.08. The molecule has 1 aromatic heterocycles. The van der Waals surface area contributed by atoms with E-state index in [2.05, 4.69) is 9.88 Å². The van der Waals surface area contributed by atoms with Crippen LogP contribution in [-0.4, -0.2) is 41.4 Å². The van der Waals surface area contributed by atoms with E-state index in [1.54, 1.807) is 6.07 Å². The van der Waals surface area contributed by atoms with Crippen LogP contribution in [0.4, 0.5) is 6.01 Å². The van der Waals surface area contributed by atoms with Crippen LogP contribution in [0.1, 0.15) is 16.8 Å². The summed E-state index contributed by atoms with van der Waals surface area (Å²) < 4.78 is 11.0. The minimum atomic E-state index is -0.959. The smallest absolute Gasteiger partial charge is 0.335 e. The Labute approximate surface area is 108 Å². The highest BCUT2D eigenvalue weighted by Crippen LogP contribution is 2.41. The Bertz CT molecular complexity index is 669. The lowest BCUT2D eigenvalue weighted by Crippen LogP contribution is -2.71. The molecule has 0 unspecified atom stereocenters. The monoisotopic (exact) mass is 260 g/mol. The van der Waals surface area contributed by atoms with Gasteiger partial charge in [0.1, 0.15) is 5.52 Å². The molecular weight excluding hydrogens is 248 g/mol. The number of hydrogen-bond acceptors (Lipinski definition) is 5. The van der Waals surface area contributed by atoms with Crippen molar-refractivity contribution >= 4 is 23.1 Å². The van der Waals surface area contributed by atoms with Gasteiger partial charge in [-0.2, -0.15) is 4.98 Å². The van der Waals surface area contributed by atoms with Crippen LogP contribution in [0, 0.1) is 0 Å². The van der Waals surface area contributed by atoms with E-state index in [0.717, 1.165) is 13.0 Å². The third-order valence-electron chi connectivity index (χ3n) is 3.97. The minimum Gasteiger partial charge on any atom is -0.478 e. The molecule has 4 rings (SSSR count). The maximum absolute atomic E-state index is 10.9. The second kappa shape index (κ2) is 3.48. The number of hydrogen-bond donors (Lipinski definition) is 1. The summed E-state index contributed by atoms with van der Waals surface area (Å²) >= 11 is 0. The van der Waals surface area contributed by atoms with E-state index in [1.165, 1.54) is 12.1 Å². The molecule has 0 saturated carbocycles. The summed E-state index contributed by atoms with van der Waals surface area (Å²) in [5.41, 5.74) is 1.48. The van der Waals surface area contributed by atoms with E-state index in [9.17, 15) is 4.79 Å². The number of carboxylic acids is 1. The Morgan fingerprint density at radius 3 is 2.84 bits per heavy atom. The van der Waals surface area contributed by atoms with E-state index in [-0.39, 0.29) is 11.1 Å². The fourth-order valence-corrected chi connectivity index (χ4v) is 2.64. The third kappa shape index (κ3) is 1.40. The molecule has 0 aliphatic carbocycles. The fraction of sp³-hybridized carbons (Fsp3) is 0.385. The number of anilines is 1. The largest absolute Gasteiger partial charge is 0.478 e. The molecule has 2 aromatic rings. The Morgan fingerprint density at radius 1 is 1.42 bits per heavy atom. The van der Waals surface area contributed by atoms with E-state index in [0.29, 0.717) is 30.3 Å². The zero-order chi connectivity index (χ0) is 13.0. The van der Waals surface area contributed by atoms with Gasteiger partial charge in [-0.1, -0.05) is 0 Å². The van der Waals surface area contributed by atoms with Crippen LogP contribution in [-0.2, 0) is 4.74 Å². The maximum Gasteiger partial charge on any atom is 0.335 e. The molecule has 2 fully saturated rings. The first kappa shape index (κ1) is 10.8. The van der Waals surface area contributed by atoms with Crippen LogP contribution >= 0.6 is 0 Å². The van der Waals surface area contributed by atoms with Gasteiger partial charge in [-0.05, 0) is 24.6 Å². The average molecular weight is 260 g/mol. The standard InChI is InChI=1S/C13H12N2O4/c16-11(17)8-1-2-10-9(5-8)14-12(19-10)15-4-3-13(15)6-18-7-13/h1-2,5H,3-4,6-7H2,(H,16,17). The van der Waals surface area contributed by atoms with Crippen molar-refractivity contribution in [2.24, 2.45) is 0 Å². The molecule has 19 heavy (non-hydrogen) atoms. The highest BCUT2D eigenvalue weighted by atomic mass is 16.5. The first-order valence-electron chi connectivity index (χ1n) is 6.17. The SMILES string of the molecule is O=C(O)c1ccc2oc(N3CCC34COC4)nc2c1.